The Hall–Kier alpha value is -4.67. The number of amides is 2. The number of sulfonamides is 1. The lowest BCUT2D eigenvalue weighted by atomic mass is 10.1. The molecule has 2 rings (SSSR count). The Bertz CT molecular complexity index is 1590. The molecular formula is C27H39N7O9S. The smallest absolute Gasteiger partial charge is 0.407 e. The molecular weight excluding hydrogens is 598 g/mol. The largest absolute Gasteiger partial charge is 0.480 e. The lowest BCUT2D eigenvalue weighted by Gasteiger charge is -2.29. The zero-order valence-corrected chi connectivity index (χ0v) is 26.1. The number of carbonyl (C=O) groups excluding carboxylic acids is 2. The van der Waals surface area contributed by atoms with Crippen LogP contribution in [0.1, 0.15) is 44.7 Å². The summed E-state index contributed by atoms with van der Waals surface area (Å²) in [6.07, 6.45) is 0.350. The number of ether oxygens (including phenoxy) is 1. The zero-order chi connectivity index (χ0) is 33.2. The average molecular weight is 638 g/mol. The lowest BCUT2D eigenvalue weighted by molar-refractivity contribution is -0.150. The van der Waals surface area contributed by atoms with Gasteiger partial charge in [0.05, 0.1) is 4.90 Å². The standard InChI is InChI=1S/C27H39N7O9S/c1-17-8-10-19(11-9-17)44(41,42)32-24(28)29-12-6-7-20(23(37)38)34(14-13-30-26(40)43-27(3,4)5)21(35)16-33-15-18(2)22(36)31-25(33)39/h8-11,15,20H,6-7,12-14,16H2,1-5H3,(H,30,40)(H,37,38)(H3,28,29,32)(H,31,36,39)/t20-/m1/s1. The molecule has 1 aromatic heterocycles. The van der Waals surface area contributed by atoms with Crippen LogP contribution in [0.4, 0.5) is 4.79 Å². The number of nitrogens with one attached hydrogen (secondary N) is 3. The molecule has 2 aromatic rings. The molecule has 242 valence electrons. The van der Waals surface area contributed by atoms with E-state index in [1.54, 1.807) is 39.8 Å². The number of aromatic amines is 1. The number of hydrogen-bond donors (Lipinski definition) is 5. The molecule has 0 aliphatic heterocycles. The number of carboxylic acids is 1. The van der Waals surface area contributed by atoms with Gasteiger partial charge >= 0.3 is 17.8 Å². The van der Waals surface area contributed by atoms with Gasteiger partial charge in [-0.3, -0.25) is 24.1 Å². The van der Waals surface area contributed by atoms with Gasteiger partial charge in [-0.15, -0.1) is 0 Å². The maximum absolute atomic E-state index is 13.3. The Morgan fingerprint density at radius 3 is 2.39 bits per heavy atom. The number of aliphatic carboxylic acids is 1. The number of guanidine groups is 1. The second-order valence-electron chi connectivity index (χ2n) is 10.9. The number of carbonyl (C=O) groups is 3. The van der Waals surface area contributed by atoms with Gasteiger partial charge < -0.3 is 25.8 Å². The van der Waals surface area contributed by atoms with E-state index in [1.807, 2.05) is 0 Å². The highest BCUT2D eigenvalue weighted by molar-refractivity contribution is 7.90. The van der Waals surface area contributed by atoms with Crippen molar-refractivity contribution in [2.24, 2.45) is 10.7 Å². The number of nitrogens with zero attached hydrogens (tertiary/aromatic N) is 3. The minimum absolute atomic E-state index is 0.0156. The molecule has 6 N–H and O–H groups in total. The maximum Gasteiger partial charge on any atom is 0.407 e. The van der Waals surface area contributed by atoms with Crippen molar-refractivity contribution < 1.29 is 32.6 Å². The third-order valence-corrected chi connectivity index (χ3v) is 7.36. The van der Waals surface area contributed by atoms with Crippen molar-refractivity contribution in [2.75, 3.05) is 19.6 Å². The van der Waals surface area contributed by atoms with Gasteiger partial charge in [0.15, 0.2) is 0 Å². The Balaban J connectivity index is 2.16. The number of H-pyrrole nitrogens is 1. The molecule has 1 atom stereocenters. The van der Waals surface area contributed by atoms with Crippen molar-refractivity contribution in [3.63, 3.8) is 0 Å². The van der Waals surface area contributed by atoms with Crippen LogP contribution in [0.3, 0.4) is 0 Å². The summed E-state index contributed by atoms with van der Waals surface area (Å²) in [5.41, 5.74) is 4.51. The minimum Gasteiger partial charge on any atom is -0.480 e. The van der Waals surface area contributed by atoms with E-state index < -0.39 is 63.4 Å². The Morgan fingerprint density at radius 1 is 1.16 bits per heavy atom. The SMILES string of the molecule is Cc1ccc(S(=O)(=O)NC(N)=NCCC[C@H](C(=O)O)N(CCNC(=O)OC(C)(C)C)C(=O)Cn2cc(C)c(=O)[nH]c2=O)cc1. The van der Waals surface area contributed by atoms with Crippen LogP contribution < -0.4 is 27.0 Å². The maximum atomic E-state index is 13.3. The molecule has 44 heavy (non-hydrogen) atoms. The summed E-state index contributed by atoms with van der Waals surface area (Å²) in [6, 6.07) is 4.66. The normalized spacial score (nSPS) is 12.7. The molecule has 1 aromatic carbocycles. The fraction of sp³-hybridized carbons (Fsp3) is 0.481. The molecule has 2 amide bonds. The highest BCUT2D eigenvalue weighted by Crippen LogP contribution is 2.12. The molecule has 0 aliphatic rings. The van der Waals surface area contributed by atoms with Crippen LogP contribution in [-0.4, -0.2) is 83.2 Å². The number of nitrogens with two attached hydrogens (primary N) is 1. The van der Waals surface area contributed by atoms with Crippen LogP contribution >= 0.6 is 0 Å². The molecule has 0 aliphatic carbocycles. The van der Waals surface area contributed by atoms with Gasteiger partial charge in [0.25, 0.3) is 15.6 Å². The average Bonchev–Trinajstić information content (AvgIpc) is 2.89. The highest BCUT2D eigenvalue weighted by Gasteiger charge is 2.30. The third-order valence-electron chi connectivity index (χ3n) is 5.99. The van der Waals surface area contributed by atoms with Gasteiger partial charge in [0.2, 0.25) is 11.9 Å². The monoisotopic (exact) mass is 637 g/mol. The molecule has 0 unspecified atom stereocenters. The number of alkyl carbamates (subject to hydrolysis) is 1. The van der Waals surface area contributed by atoms with Crippen molar-refractivity contribution in [1.82, 2.24) is 24.5 Å². The summed E-state index contributed by atoms with van der Waals surface area (Å²) < 4.78 is 33.3. The van der Waals surface area contributed by atoms with Gasteiger partial charge in [-0.2, -0.15) is 0 Å². The van der Waals surface area contributed by atoms with Crippen molar-refractivity contribution in [3.8, 4) is 0 Å². The molecule has 0 radical (unpaired) electrons. The fourth-order valence-corrected chi connectivity index (χ4v) is 4.81. The van der Waals surface area contributed by atoms with Gasteiger partial charge in [-0.05, 0) is 59.6 Å². The summed E-state index contributed by atoms with van der Waals surface area (Å²) in [5.74, 6) is -2.54. The van der Waals surface area contributed by atoms with Crippen molar-refractivity contribution >= 4 is 34.0 Å². The van der Waals surface area contributed by atoms with E-state index in [-0.39, 0.29) is 42.9 Å². The first-order valence-corrected chi connectivity index (χ1v) is 15.1. The summed E-state index contributed by atoms with van der Waals surface area (Å²) in [7, 11) is -3.98. The molecule has 16 nitrogen and oxygen atoms in total. The number of benzene rings is 1. The second-order valence-corrected chi connectivity index (χ2v) is 12.6. The van der Waals surface area contributed by atoms with E-state index in [2.05, 4.69) is 20.0 Å². The highest BCUT2D eigenvalue weighted by atomic mass is 32.2. The molecule has 1 heterocycles. The van der Waals surface area contributed by atoms with Crippen LogP contribution in [0.5, 0.6) is 0 Å². The first-order chi connectivity index (χ1) is 20.4. The van der Waals surface area contributed by atoms with E-state index in [1.165, 1.54) is 25.3 Å². The topological polar surface area (TPSA) is 235 Å². The van der Waals surface area contributed by atoms with Crippen LogP contribution in [0.15, 0.2) is 49.9 Å². The van der Waals surface area contributed by atoms with Crippen molar-refractivity contribution in [1.29, 1.82) is 0 Å². The summed E-state index contributed by atoms with van der Waals surface area (Å²) in [4.78, 5) is 68.6. The Morgan fingerprint density at radius 2 is 1.80 bits per heavy atom. The first kappa shape index (κ1) is 35.5. The molecule has 0 saturated heterocycles. The number of aromatic nitrogens is 2. The summed E-state index contributed by atoms with van der Waals surface area (Å²) in [6.45, 7) is 7.14. The van der Waals surface area contributed by atoms with E-state index in [0.29, 0.717) is 0 Å². The van der Waals surface area contributed by atoms with Crippen LogP contribution in [0.2, 0.25) is 0 Å². The lowest BCUT2D eigenvalue weighted by Crippen LogP contribution is -2.50. The predicted molar refractivity (Wildman–Crippen MR) is 161 cm³/mol. The molecule has 0 saturated carbocycles. The van der Waals surface area contributed by atoms with Crippen LogP contribution in [0.25, 0.3) is 0 Å². The van der Waals surface area contributed by atoms with E-state index in [4.69, 9.17) is 10.5 Å². The predicted octanol–water partition coefficient (Wildman–Crippen LogP) is 0.0333. The number of carboxylic acid groups (broad SMARTS) is 1. The van der Waals surface area contributed by atoms with Gasteiger partial charge in [-0.1, -0.05) is 17.7 Å². The molecule has 0 fully saturated rings. The summed E-state index contributed by atoms with van der Waals surface area (Å²) in [5, 5.41) is 12.5. The first-order valence-electron chi connectivity index (χ1n) is 13.6. The minimum atomic E-state index is -3.98. The van der Waals surface area contributed by atoms with Gasteiger partial charge in [0.1, 0.15) is 18.2 Å². The van der Waals surface area contributed by atoms with Crippen molar-refractivity contribution in [2.45, 2.75) is 70.5 Å². The third kappa shape index (κ3) is 11.2. The van der Waals surface area contributed by atoms with Gasteiger partial charge in [-0.25, -0.2) is 27.5 Å². The summed E-state index contributed by atoms with van der Waals surface area (Å²) >= 11 is 0. The molecule has 0 bridgehead atoms. The zero-order valence-electron chi connectivity index (χ0n) is 25.2. The molecule has 17 heteroatoms. The van der Waals surface area contributed by atoms with Crippen molar-refractivity contribution in [3.05, 3.63) is 62.4 Å². The Kier molecular flexibility index (Phi) is 12.3. The number of aliphatic imine (C=N–C) groups is 1. The fourth-order valence-electron chi connectivity index (χ4n) is 3.86. The van der Waals surface area contributed by atoms with E-state index in [0.717, 1.165) is 15.0 Å². The van der Waals surface area contributed by atoms with Crippen LogP contribution in [-0.2, 0) is 30.9 Å². The van der Waals surface area contributed by atoms with Crippen LogP contribution in [0, 0.1) is 13.8 Å². The number of rotatable bonds is 13. The quantitative estimate of drug-likeness (QED) is 0.112. The Labute approximate surface area is 254 Å². The number of hydrogen-bond acceptors (Lipinski definition) is 9. The molecule has 0 spiro atoms. The second kappa shape index (κ2) is 15.2. The van der Waals surface area contributed by atoms with E-state index >= 15 is 0 Å². The number of aryl methyl sites for hydroxylation is 2. The van der Waals surface area contributed by atoms with Gasteiger partial charge in [0, 0.05) is 31.4 Å². The van der Waals surface area contributed by atoms with E-state index in [9.17, 15) is 37.5 Å².